The molecule has 0 aromatic heterocycles. The molecule has 2 rings (SSSR count). The topological polar surface area (TPSA) is 150 Å². The molecule has 1 unspecified atom stereocenters. The van der Waals surface area contributed by atoms with E-state index < -0.39 is 29.4 Å². The molecule has 0 saturated carbocycles. The number of carbonyl (C=O) groups excluding carboxylic acids is 2. The summed E-state index contributed by atoms with van der Waals surface area (Å²) >= 11 is 0. The molecular weight excluding hydrogens is 306 g/mol. The number of rotatable bonds is 7. The van der Waals surface area contributed by atoms with Crippen molar-refractivity contribution in [3.8, 4) is 0 Å². The zero-order chi connectivity index (χ0) is 17.2. The summed E-state index contributed by atoms with van der Waals surface area (Å²) in [5.41, 5.74) is 4.37. The fraction of sp³-hybridized carbons (Fsp3) is 0.714. The molecule has 23 heavy (non-hydrogen) atoms. The van der Waals surface area contributed by atoms with Crippen LogP contribution in [0.15, 0.2) is 0 Å². The van der Waals surface area contributed by atoms with Gasteiger partial charge in [0.05, 0.1) is 6.54 Å². The molecule has 0 aromatic carbocycles. The average Bonchev–Trinajstić information content (AvgIpc) is 3.06. The van der Waals surface area contributed by atoms with E-state index in [0.717, 1.165) is 0 Å². The maximum Gasteiger partial charge on any atom is 0.326 e. The smallest absolute Gasteiger partial charge is 0.326 e. The third kappa shape index (κ3) is 3.14. The lowest BCUT2D eigenvalue weighted by Crippen LogP contribution is -2.59. The minimum Gasteiger partial charge on any atom is -0.481 e. The minimum atomic E-state index is -1.29. The minimum absolute atomic E-state index is 0.0286. The van der Waals surface area contributed by atoms with Gasteiger partial charge in [0.2, 0.25) is 11.8 Å². The summed E-state index contributed by atoms with van der Waals surface area (Å²) in [6.07, 6.45) is 1.75. The molecule has 0 aromatic rings. The van der Waals surface area contributed by atoms with Crippen molar-refractivity contribution < 1.29 is 29.4 Å². The Morgan fingerprint density at radius 3 is 2.30 bits per heavy atom. The third-order valence-electron chi connectivity index (χ3n) is 4.72. The van der Waals surface area contributed by atoms with E-state index in [4.69, 9.17) is 15.9 Å². The van der Waals surface area contributed by atoms with Gasteiger partial charge in [0, 0.05) is 12.5 Å². The molecule has 2 amide bonds. The van der Waals surface area contributed by atoms with Gasteiger partial charge in [0.1, 0.15) is 11.6 Å². The lowest BCUT2D eigenvalue weighted by Gasteiger charge is -2.34. The van der Waals surface area contributed by atoms with Crippen LogP contribution in [0.5, 0.6) is 0 Å². The van der Waals surface area contributed by atoms with Crippen LogP contribution in [0.25, 0.3) is 0 Å². The highest BCUT2D eigenvalue weighted by molar-refractivity contribution is 5.95. The number of carboxylic acid groups (broad SMARTS) is 2. The zero-order valence-electron chi connectivity index (χ0n) is 12.7. The van der Waals surface area contributed by atoms with Crippen molar-refractivity contribution >= 4 is 23.8 Å². The summed E-state index contributed by atoms with van der Waals surface area (Å²) < 4.78 is 0. The molecular formula is C14H21N3O6. The molecule has 128 valence electrons. The Morgan fingerprint density at radius 1 is 1.22 bits per heavy atom. The third-order valence-corrected chi connectivity index (χ3v) is 4.72. The number of amides is 2. The van der Waals surface area contributed by atoms with E-state index in [1.54, 1.807) is 0 Å². The van der Waals surface area contributed by atoms with Crippen LogP contribution < -0.4 is 11.1 Å². The van der Waals surface area contributed by atoms with Gasteiger partial charge in [-0.2, -0.15) is 0 Å². The fourth-order valence-electron chi connectivity index (χ4n) is 3.62. The van der Waals surface area contributed by atoms with E-state index >= 15 is 0 Å². The van der Waals surface area contributed by atoms with Crippen molar-refractivity contribution in [2.45, 2.75) is 56.1 Å². The van der Waals surface area contributed by atoms with Gasteiger partial charge in [-0.3, -0.25) is 14.4 Å². The summed E-state index contributed by atoms with van der Waals surface area (Å²) in [6.45, 7) is -0.201. The van der Waals surface area contributed by atoms with Crippen molar-refractivity contribution in [3.05, 3.63) is 0 Å². The van der Waals surface area contributed by atoms with Gasteiger partial charge in [-0.05, 0) is 32.1 Å². The van der Waals surface area contributed by atoms with Gasteiger partial charge in [0.15, 0.2) is 0 Å². The second-order valence-electron chi connectivity index (χ2n) is 6.03. The molecule has 5 N–H and O–H groups in total. The highest BCUT2D eigenvalue weighted by Gasteiger charge is 2.58. The molecule has 0 aliphatic carbocycles. The summed E-state index contributed by atoms with van der Waals surface area (Å²) in [4.78, 5) is 48.0. The largest absolute Gasteiger partial charge is 0.481 e. The first-order valence-corrected chi connectivity index (χ1v) is 7.59. The Bertz CT molecular complexity index is 527. The van der Waals surface area contributed by atoms with E-state index in [2.05, 4.69) is 5.32 Å². The number of nitrogens with two attached hydrogens (primary N) is 1. The Morgan fingerprint density at radius 2 is 1.83 bits per heavy atom. The molecule has 9 nitrogen and oxygen atoms in total. The monoisotopic (exact) mass is 327 g/mol. The first-order valence-electron chi connectivity index (χ1n) is 7.59. The van der Waals surface area contributed by atoms with Crippen LogP contribution in [0.2, 0.25) is 0 Å². The number of aliphatic carboxylic acids is 2. The Labute approximate surface area is 132 Å². The van der Waals surface area contributed by atoms with Crippen molar-refractivity contribution in [2.75, 3.05) is 6.54 Å². The van der Waals surface area contributed by atoms with Gasteiger partial charge in [0.25, 0.3) is 0 Å². The first kappa shape index (κ1) is 17.2. The Balaban J connectivity index is 2.12. The van der Waals surface area contributed by atoms with Crippen molar-refractivity contribution in [1.29, 1.82) is 0 Å². The Hall–Kier alpha value is -2.16. The molecule has 2 saturated heterocycles. The van der Waals surface area contributed by atoms with Crippen LogP contribution in [-0.2, 0) is 19.2 Å². The van der Waals surface area contributed by atoms with E-state index in [1.807, 2.05) is 0 Å². The highest BCUT2D eigenvalue weighted by Crippen LogP contribution is 2.46. The fourth-order valence-corrected chi connectivity index (χ4v) is 3.62. The second-order valence-corrected chi connectivity index (χ2v) is 6.03. The number of nitrogens with zero attached hydrogens (tertiary/aromatic N) is 1. The number of carboxylic acids is 2. The normalized spacial score (nSPS) is 26.8. The van der Waals surface area contributed by atoms with Crippen molar-refractivity contribution in [3.63, 3.8) is 0 Å². The lowest BCUT2D eigenvalue weighted by molar-refractivity contribution is -0.147. The van der Waals surface area contributed by atoms with Gasteiger partial charge >= 0.3 is 11.9 Å². The molecule has 2 fully saturated rings. The molecule has 2 heterocycles. The SMILES string of the molecule is NCC(=O)N1C2CCC1(C(=O)NC(CCC(=O)O)C(=O)O)CC2. The average molecular weight is 327 g/mol. The number of nitrogens with one attached hydrogen (secondary N) is 1. The summed E-state index contributed by atoms with van der Waals surface area (Å²) in [7, 11) is 0. The quantitative estimate of drug-likeness (QED) is 0.463. The highest BCUT2D eigenvalue weighted by atomic mass is 16.4. The predicted octanol–water partition coefficient (Wildman–Crippen LogP) is -1.10. The van der Waals surface area contributed by atoms with E-state index in [9.17, 15) is 19.2 Å². The summed E-state index contributed by atoms with van der Waals surface area (Å²) in [5.74, 6) is -3.28. The maximum absolute atomic E-state index is 12.7. The van der Waals surface area contributed by atoms with Crippen LogP contribution in [0.3, 0.4) is 0 Å². The van der Waals surface area contributed by atoms with Crippen molar-refractivity contribution in [1.82, 2.24) is 10.2 Å². The van der Waals surface area contributed by atoms with Gasteiger partial charge in [-0.15, -0.1) is 0 Å². The first-order chi connectivity index (χ1) is 10.8. The molecule has 2 aliphatic heterocycles. The van der Waals surface area contributed by atoms with E-state index in [0.29, 0.717) is 25.7 Å². The van der Waals surface area contributed by atoms with Crippen LogP contribution in [0.4, 0.5) is 0 Å². The number of hydrogen-bond donors (Lipinski definition) is 4. The van der Waals surface area contributed by atoms with E-state index in [1.165, 1.54) is 4.90 Å². The number of carbonyl (C=O) groups is 4. The summed E-state index contributed by atoms with van der Waals surface area (Å²) in [5, 5.41) is 20.2. The second kappa shape index (κ2) is 6.53. The number of hydrogen-bond acceptors (Lipinski definition) is 5. The van der Waals surface area contributed by atoms with Gasteiger partial charge < -0.3 is 26.2 Å². The molecule has 2 aliphatic rings. The Kier molecular flexibility index (Phi) is 4.88. The van der Waals surface area contributed by atoms with E-state index in [-0.39, 0.29) is 31.3 Å². The van der Waals surface area contributed by atoms with Gasteiger partial charge in [-0.1, -0.05) is 0 Å². The van der Waals surface area contributed by atoms with Gasteiger partial charge in [-0.25, -0.2) is 4.79 Å². The van der Waals surface area contributed by atoms with Crippen molar-refractivity contribution in [2.24, 2.45) is 5.73 Å². The van der Waals surface area contributed by atoms with Crippen LogP contribution in [0.1, 0.15) is 38.5 Å². The molecule has 2 bridgehead atoms. The molecule has 1 atom stereocenters. The molecule has 0 spiro atoms. The zero-order valence-corrected chi connectivity index (χ0v) is 12.7. The summed E-state index contributed by atoms with van der Waals surface area (Å²) in [6, 6.07) is -1.32. The molecule has 9 heteroatoms. The van der Waals surface area contributed by atoms with Crippen LogP contribution in [-0.4, -0.2) is 63.0 Å². The number of fused-ring (bicyclic) bond motifs is 2. The van der Waals surface area contributed by atoms with Crippen LogP contribution in [0, 0.1) is 0 Å². The molecule has 0 radical (unpaired) electrons. The lowest BCUT2D eigenvalue weighted by atomic mass is 9.86. The maximum atomic E-state index is 12.7. The predicted molar refractivity (Wildman–Crippen MR) is 77.3 cm³/mol. The standard InChI is InChI=1S/C14H21N3O6/c15-7-10(18)17-8-3-5-14(17,6-4-8)13(23)16-9(12(21)22)1-2-11(19)20/h8-9H,1-7,15H2,(H,16,23)(H,19,20)(H,21,22). The van der Waals surface area contributed by atoms with Crippen LogP contribution >= 0.6 is 0 Å².